The number of nitrogens with one attached hydrogen (secondary N) is 1. The molecule has 0 fully saturated rings. The van der Waals surface area contributed by atoms with Crippen LogP contribution >= 0.6 is 8.18 Å². The van der Waals surface area contributed by atoms with E-state index < -0.39 is 20.2 Å². The van der Waals surface area contributed by atoms with E-state index >= 15 is 0 Å². The van der Waals surface area contributed by atoms with Crippen LogP contribution in [0.5, 0.6) is 5.75 Å². The maximum atomic E-state index is 11.8. The number of para-hydroxylation sites is 1. The molecule has 0 aromatic heterocycles. The summed E-state index contributed by atoms with van der Waals surface area (Å²) >= 11 is 0. The van der Waals surface area contributed by atoms with Crippen LogP contribution in [0.15, 0.2) is 30.3 Å². The molecule has 1 unspecified atom stereocenters. The Kier molecular flexibility index (Phi) is 7.95. The summed E-state index contributed by atoms with van der Waals surface area (Å²) in [6, 6.07) is 8.13. The molecule has 0 aliphatic carbocycles. The summed E-state index contributed by atoms with van der Waals surface area (Å²) in [4.78, 5) is 11.8. The highest BCUT2D eigenvalue weighted by atomic mass is 31.1. The van der Waals surface area contributed by atoms with E-state index in [2.05, 4.69) is 18.9 Å². The average molecular weight is 312 g/mol. The van der Waals surface area contributed by atoms with E-state index in [1.165, 1.54) is 0 Å². The molecule has 0 amide bonds. The first kappa shape index (κ1) is 17.6. The van der Waals surface area contributed by atoms with Gasteiger partial charge in [0.1, 0.15) is 6.04 Å². The second-order valence-corrected chi connectivity index (χ2v) is 5.78. The van der Waals surface area contributed by atoms with E-state index in [0.717, 1.165) is 12.8 Å². The van der Waals surface area contributed by atoms with Gasteiger partial charge in [-0.25, -0.2) is 4.52 Å². The van der Waals surface area contributed by atoms with Crippen LogP contribution in [0.25, 0.3) is 0 Å². The third-order valence-corrected chi connectivity index (χ3v) is 4.17. The third-order valence-electron chi connectivity index (χ3n) is 3.20. The molecule has 0 heterocycles. The molecule has 1 aromatic rings. The van der Waals surface area contributed by atoms with Crippen molar-refractivity contribution in [1.29, 1.82) is 0 Å². The fraction of sp³-hybridized carbons (Fsp3) is 0.533. The lowest BCUT2D eigenvalue weighted by molar-refractivity contribution is -0.146. The lowest BCUT2D eigenvalue weighted by atomic mass is 10.1. The first-order valence-corrected chi connectivity index (χ1v) is 8.37. The summed E-state index contributed by atoms with van der Waals surface area (Å²) in [5.74, 6) is 0.445. The standard InChI is InChI=1S/C15H23NO4P/c1-4-13(5-2)11-19-15(17)12(3)16-21(18)20-14-9-7-6-8-10-14/h6-10,12-13H,4-5,11H2,1-3H3,(H,16,18)/q+1/t12-/m0/s1. The topological polar surface area (TPSA) is 64.6 Å². The SMILES string of the molecule is CCC(CC)COC(=O)[C@H](C)N[P+](=O)Oc1ccccc1. The molecule has 5 nitrogen and oxygen atoms in total. The number of hydrogen-bond donors (Lipinski definition) is 1. The van der Waals surface area contributed by atoms with Crippen molar-refractivity contribution in [3.05, 3.63) is 30.3 Å². The molecule has 6 heteroatoms. The Morgan fingerprint density at radius 2 is 1.86 bits per heavy atom. The molecule has 0 saturated heterocycles. The molecular weight excluding hydrogens is 289 g/mol. The molecule has 0 aliphatic rings. The second-order valence-electron chi connectivity index (χ2n) is 4.82. The maximum absolute atomic E-state index is 11.8. The Hall–Kier alpha value is -1.45. The number of benzene rings is 1. The summed E-state index contributed by atoms with van der Waals surface area (Å²) in [5.41, 5.74) is 0. The number of hydrogen-bond acceptors (Lipinski definition) is 4. The quantitative estimate of drug-likeness (QED) is 0.556. The van der Waals surface area contributed by atoms with E-state index in [4.69, 9.17) is 9.26 Å². The zero-order valence-electron chi connectivity index (χ0n) is 12.7. The molecular formula is C15H23NO4P+. The molecule has 21 heavy (non-hydrogen) atoms. The van der Waals surface area contributed by atoms with Gasteiger partial charge in [-0.05, 0) is 25.0 Å². The van der Waals surface area contributed by atoms with E-state index in [1.54, 1.807) is 31.2 Å². The Balaban J connectivity index is 2.36. The van der Waals surface area contributed by atoms with Gasteiger partial charge in [0.15, 0.2) is 5.75 Å². The third kappa shape index (κ3) is 6.69. The summed E-state index contributed by atoms with van der Waals surface area (Å²) in [6.45, 7) is 6.13. The highest BCUT2D eigenvalue weighted by Crippen LogP contribution is 2.23. The van der Waals surface area contributed by atoms with Gasteiger partial charge in [-0.15, -0.1) is 0 Å². The van der Waals surface area contributed by atoms with Crippen LogP contribution in [-0.2, 0) is 14.1 Å². The van der Waals surface area contributed by atoms with Crippen LogP contribution in [-0.4, -0.2) is 18.6 Å². The highest BCUT2D eigenvalue weighted by molar-refractivity contribution is 7.37. The minimum atomic E-state index is -2.16. The number of carbonyl (C=O) groups is 1. The van der Waals surface area contributed by atoms with E-state index in [1.807, 2.05) is 6.07 Å². The first-order valence-electron chi connectivity index (χ1n) is 7.19. The van der Waals surface area contributed by atoms with Crippen molar-refractivity contribution in [3.63, 3.8) is 0 Å². The Morgan fingerprint density at radius 1 is 1.24 bits per heavy atom. The minimum Gasteiger partial charge on any atom is -0.464 e. The average Bonchev–Trinajstić information content (AvgIpc) is 2.48. The summed E-state index contributed by atoms with van der Waals surface area (Å²) < 4.78 is 22.2. The van der Waals surface area contributed by atoms with Crippen molar-refractivity contribution >= 4 is 14.1 Å². The van der Waals surface area contributed by atoms with Gasteiger partial charge in [0.2, 0.25) is 0 Å². The number of rotatable bonds is 9. The number of ether oxygens (including phenoxy) is 1. The molecule has 2 atom stereocenters. The Morgan fingerprint density at radius 3 is 2.43 bits per heavy atom. The van der Waals surface area contributed by atoms with Crippen LogP contribution in [0.2, 0.25) is 0 Å². The van der Waals surface area contributed by atoms with Gasteiger partial charge in [-0.3, -0.25) is 4.79 Å². The van der Waals surface area contributed by atoms with E-state index in [-0.39, 0.29) is 0 Å². The summed E-state index contributed by atoms with van der Waals surface area (Å²) in [6.07, 6.45) is 1.94. The van der Waals surface area contributed by atoms with Crippen LogP contribution in [0.1, 0.15) is 33.6 Å². The molecule has 1 rings (SSSR count). The molecule has 1 aromatic carbocycles. The molecule has 0 radical (unpaired) electrons. The summed E-state index contributed by atoms with van der Waals surface area (Å²) in [7, 11) is -2.16. The number of esters is 1. The predicted molar refractivity (Wildman–Crippen MR) is 82.3 cm³/mol. The first-order chi connectivity index (χ1) is 10.1. The second kappa shape index (κ2) is 9.48. The molecule has 0 spiro atoms. The van der Waals surface area contributed by atoms with Gasteiger partial charge in [0.25, 0.3) is 0 Å². The number of carbonyl (C=O) groups excluding carboxylic acids is 1. The van der Waals surface area contributed by atoms with Crippen molar-refractivity contribution in [2.24, 2.45) is 5.92 Å². The van der Waals surface area contributed by atoms with E-state index in [9.17, 15) is 9.36 Å². The van der Waals surface area contributed by atoms with Crippen molar-refractivity contribution in [1.82, 2.24) is 5.09 Å². The van der Waals surface area contributed by atoms with Crippen molar-refractivity contribution in [2.45, 2.75) is 39.7 Å². The fourth-order valence-electron chi connectivity index (χ4n) is 1.66. The Labute approximate surface area is 127 Å². The molecule has 1 N–H and O–H groups in total. The normalized spacial score (nSPS) is 12.9. The monoisotopic (exact) mass is 312 g/mol. The smallest absolute Gasteiger partial charge is 0.464 e. The minimum absolute atomic E-state index is 0.371. The fourth-order valence-corrected chi connectivity index (χ4v) is 2.45. The lowest BCUT2D eigenvalue weighted by Crippen LogP contribution is -2.32. The predicted octanol–water partition coefficient (Wildman–Crippen LogP) is 3.68. The van der Waals surface area contributed by atoms with Gasteiger partial charge in [-0.2, -0.15) is 0 Å². The van der Waals surface area contributed by atoms with Crippen LogP contribution < -0.4 is 9.61 Å². The van der Waals surface area contributed by atoms with Gasteiger partial charge < -0.3 is 4.74 Å². The van der Waals surface area contributed by atoms with Gasteiger partial charge in [0, 0.05) is 4.57 Å². The van der Waals surface area contributed by atoms with Gasteiger partial charge in [-0.1, -0.05) is 50.0 Å². The van der Waals surface area contributed by atoms with Crippen LogP contribution in [0.3, 0.4) is 0 Å². The zero-order valence-corrected chi connectivity index (χ0v) is 13.6. The van der Waals surface area contributed by atoms with Crippen molar-refractivity contribution in [2.75, 3.05) is 6.61 Å². The van der Waals surface area contributed by atoms with Crippen molar-refractivity contribution < 1.29 is 18.6 Å². The largest absolute Gasteiger partial charge is 0.664 e. The van der Waals surface area contributed by atoms with E-state index in [0.29, 0.717) is 18.3 Å². The highest BCUT2D eigenvalue weighted by Gasteiger charge is 2.28. The lowest BCUT2D eigenvalue weighted by Gasteiger charge is -2.13. The summed E-state index contributed by atoms with van der Waals surface area (Å²) in [5, 5.41) is 2.60. The van der Waals surface area contributed by atoms with Crippen LogP contribution in [0.4, 0.5) is 0 Å². The van der Waals surface area contributed by atoms with Gasteiger partial charge in [0.05, 0.1) is 6.61 Å². The molecule has 116 valence electrons. The van der Waals surface area contributed by atoms with Crippen molar-refractivity contribution in [3.8, 4) is 5.75 Å². The zero-order chi connectivity index (χ0) is 15.7. The van der Waals surface area contributed by atoms with Crippen LogP contribution in [0, 0.1) is 5.92 Å². The maximum Gasteiger partial charge on any atom is 0.664 e. The van der Waals surface area contributed by atoms with Gasteiger partial charge >= 0.3 is 14.1 Å². The Bertz CT molecular complexity index is 448. The molecule has 0 saturated carbocycles. The molecule has 0 bridgehead atoms. The molecule has 0 aliphatic heterocycles.